The first-order valence-electron chi connectivity index (χ1n) is 5.06. The Bertz CT molecular complexity index is 325. The number of allylic oxidation sites excluding steroid dienone is 1. The van der Waals surface area contributed by atoms with Crippen molar-refractivity contribution in [3.8, 4) is 0 Å². The predicted molar refractivity (Wildman–Crippen MR) is 63.8 cm³/mol. The highest BCUT2D eigenvalue weighted by Gasteiger charge is 2.28. The number of hydrogen-bond acceptors (Lipinski definition) is 3. The smallest absolute Gasteiger partial charge is 0.188 e. The third-order valence-corrected chi connectivity index (χ3v) is 2.89. The van der Waals surface area contributed by atoms with E-state index in [-0.39, 0.29) is 11.8 Å². The number of carbonyl (C=O) groups is 1. The number of hydrazine groups is 1. The number of nitrogens with zero attached hydrogens (tertiary/aromatic N) is 1. The molecular weight excluding hydrogens is 210 g/mol. The summed E-state index contributed by atoms with van der Waals surface area (Å²) in [5.74, 6) is 5.78. The van der Waals surface area contributed by atoms with Crippen molar-refractivity contribution in [1.82, 2.24) is 10.3 Å². The minimum absolute atomic E-state index is 0.0137. The van der Waals surface area contributed by atoms with Gasteiger partial charge in [-0.05, 0) is 32.5 Å². The number of nitrogens with two attached hydrogens (primary N) is 1. The average Bonchev–Trinajstić information content (AvgIpc) is 2.14. The normalized spacial score (nSPS) is 21.7. The Morgan fingerprint density at radius 1 is 1.67 bits per heavy atom. The van der Waals surface area contributed by atoms with Crippen LogP contribution in [0.1, 0.15) is 33.6 Å². The molecule has 1 rings (SSSR count). The average molecular weight is 227 g/mol. The van der Waals surface area contributed by atoms with E-state index in [1.165, 1.54) is 5.01 Å². The van der Waals surface area contributed by atoms with Crippen LogP contribution in [0.2, 0.25) is 0 Å². The fourth-order valence-electron chi connectivity index (χ4n) is 1.83. The van der Waals surface area contributed by atoms with E-state index in [2.05, 4.69) is 12.2 Å². The topological polar surface area (TPSA) is 58.4 Å². The van der Waals surface area contributed by atoms with Crippen molar-refractivity contribution in [2.75, 3.05) is 0 Å². The summed E-state index contributed by atoms with van der Waals surface area (Å²) in [7, 11) is 0. The van der Waals surface area contributed by atoms with Gasteiger partial charge in [-0.2, -0.15) is 0 Å². The van der Waals surface area contributed by atoms with E-state index in [1.54, 1.807) is 6.92 Å². The molecule has 0 saturated carbocycles. The van der Waals surface area contributed by atoms with Gasteiger partial charge in [0, 0.05) is 11.3 Å². The van der Waals surface area contributed by atoms with Crippen LogP contribution in [-0.4, -0.2) is 21.9 Å². The lowest BCUT2D eigenvalue weighted by Crippen LogP contribution is -2.53. The van der Waals surface area contributed by atoms with E-state index < -0.39 is 0 Å². The Morgan fingerprint density at radius 2 is 2.27 bits per heavy atom. The monoisotopic (exact) mass is 227 g/mol. The van der Waals surface area contributed by atoms with Crippen molar-refractivity contribution in [3.05, 3.63) is 11.3 Å². The third kappa shape index (κ3) is 2.35. The van der Waals surface area contributed by atoms with Crippen molar-refractivity contribution in [1.29, 1.82) is 0 Å². The second kappa shape index (κ2) is 4.72. The molecule has 1 atom stereocenters. The lowest BCUT2D eigenvalue weighted by Gasteiger charge is -2.34. The summed E-state index contributed by atoms with van der Waals surface area (Å²) in [6.45, 7) is 5.46. The highest BCUT2D eigenvalue weighted by molar-refractivity contribution is 7.80. The van der Waals surface area contributed by atoms with Gasteiger partial charge >= 0.3 is 0 Å². The van der Waals surface area contributed by atoms with Crippen LogP contribution >= 0.6 is 12.2 Å². The van der Waals surface area contributed by atoms with Crippen molar-refractivity contribution >= 4 is 23.1 Å². The van der Waals surface area contributed by atoms with Gasteiger partial charge in [-0.1, -0.05) is 13.3 Å². The molecule has 0 aromatic rings. The van der Waals surface area contributed by atoms with Crippen molar-refractivity contribution in [2.24, 2.45) is 5.84 Å². The van der Waals surface area contributed by atoms with Gasteiger partial charge in [0.1, 0.15) is 0 Å². The van der Waals surface area contributed by atoms with Crippen LogP contribution in [0.3, 0.4) is 0 Å². The fourth-order valence-corrected chi connectivity index (χ4v) is 2.11. The Balaban J connectivity index is 3.08. The molecule has 15 heavy (non-hydrogen) atoms. The summed E-state index contributed by atoms with van der Waals surface area (Å²) in [5, 5.41) is 4.92. The molecule has 1 aliphatic heterocycles. The molecule has 0 fully saturated rings. The molecule has 0 aromatic heterocycles. The molecule has 3 N–H and O–H groups in total. The molecule has 1 aliphatic rings. The summed E-state index contributed by atoms with van der Waals surface area (Å²) in [6, 6.07) is 0.0137. The highest BCUT2D eigenvalue weighted by atomic mass is 32.1. The molecule has 0 amide bonds. The first-order chi connectivity index (χ1) is 6.99. The summed E-state index contributed by atoms with van der Waals surface area (Å²) < 4.78 is 0. The van der Waals surface area contributed by atoms with Crippen LogP contribution in [0.4, 0.5) is 0 Å². The molecule has 0 unspecified atom stereocenters. The van der Waals surface area contributed by atoms with Crippen LogP contribution in [0.5, 0.6) is 0 Å². The zero-order valence-corrected chi connectivity index (χ0v) is 10.1. The van der Waals surface area contributed by atoms with Crippen molar-refractivity contribution in [2.45, 2.75) is 39.7 Å². The quantitative estimate of drug-likeness (QED) is 0.558. The molecule has 4 nitrogen and oxygen atoms in total. The lowest BCUT2D eigenvalue weighted by molar-refractivity contribution is -0.114. The molecular formula is C10H17N3OS. The summed E-state index contributed by atoms with van der Waals surface area (Å²) in [6.07, 6.45) is 1.88. The van der Waals surface area contributed by atoms with Gasteiger partial charge in [0.25, 0.3) is 0 Å². The standard InChI is InChI=1S/C10H17N3OS/c1-4-5-8-9(7(3)14)6(2)13(11)10(15)12-8/h8H,4-5,11H2,1-3H3,(H,12,15)/t8-/m1/s1. The van der Waals surface area contributed by atoms with Crippen LogP contribution in [0.25, 0.3) is 0 Å². The molecule has 0 radical (unpaired) electrons. The van der Waals surface area contributed by atoms with Crippen LogP contribution in [0, 0.1) is 0 Å². The molecule has 5 heteroatoms. The van der Waals surface area contributed by atoms with Gasteiger partial charge < -0.3 is 5.32 Å². The van der Waals surface area contributed by atoms with Gasteiger partial charge in [-0.25, -0.2) is 5.84 Å². The Labute approximate surface area is 95.5 Å². The minimum Gasteiger partial charge on any atom is -0.354 e. The van der Waals surface area contributed by atoms with Gasteiger partial charge in [-0.3, -0.25) is 9.80 Å². The Kier molecular flexibility index (Phi) is 3.82. The van der Waals surface area contributed by atoms with Gasteiger partial charge in [0.2, 0.25) is 0 Å². The Hall–Kier alpha value is -0.940. The molecule has 0 aliphatic carbocycles. The molecule has 0 aromatic carbocycles. The van der Waals surface area contributed by atoms with E-state index in [4.69, 9.17) is 18.1 Å². The SMILES string of the molecule is CCC[C@H]1NC(=S)N(N)C(C)=C1C(C)=O. The maximum atomic E-state index is 11.5. The summed E-state index contributed by atoms with van der Waals surface area (Å²) in [4.78, 5) is 11.5. The van der Waals surface area contributed by atoms with Gasteiger partial charge in [0.05, 0.1) is 6.04 Å². The van der Waals surface area contributed by atoms with Crippen LogP contribution in [-0.2, 0) is 4.79 Å². The first-order valence-corrected chi connectivity index (χ1v) is 5.46. The van der Waals surface area contributed by atoms with Crippen LogP contribution < -0.4 is 11.2 Å². The van der Waals surface area contributed by atoms with Gasteiger partial charge in [0.15, 0.2) is 10.9 Å². The predicted octanol–water partition coefficient (Wildman–Crippen LogP) is 1.08. The number of hydrogen-bond donors (Lipinski definition) is 2. The number of thiocarbonyl (C=S) groups is 1. The molecule has 0 saturated heterocycles. The molecule has 0 bridgehead atoms. The molecule has 84 valence electrons. The lowest BCUT2D eigenvalue weighted by atomic mass is 9.96. The maximum absolute atomic E-state index is 11.5. The number of ketones is 1. The second-order valence-electron chi connectivity index (χ2n) is 3.72. The number of carbonyl (C=O) groups excluding carboxylic acids is 1. The summed E-state index contributed by atoms with van der Waals surface area (Å²) >= 11 is 5.08. The minimum atomic E-state index is 0.0137. The maximum Gasteiger partial charge on any atom is 0.188 e. The van der Waals surface area contributed by atoms with Gasteiger partial charge in [-0.15, -0.1) is 0 Å². The largest absolute Gasteiger partial charge is 0.354 e. The zero-order chi connectivity index (χ0) is 11.6. The first kappa shape index (κ1) is 12.1. The summed E-state index contributed by atoms with van der Waals surface area (Å²) in [5.41, 5.74) is 1.50. The number of rotatable bonds is 3. The molecule has 0 spiro atoms. The molecule has 1 heterocycles. The fraction of sp³-hybridized carbons (Fsp3) is 0.600. The third-order valence-electron chi connectivity index (χ3n) is 2.57. The second-order valence-corrected chi connectivity index (χ2v) is 4.10. The Morgan fingerprint density at radius 3 is 2.73 bits per heavy atom. The highest BCUT2D eigenvalue weighted by Crippen LogP contribution is 2.20. The van der Waals surface area contributed by atoms with Crippen molar-refractivity contribution in [3.63, 3.8) is 0 Å². The number of Topliss-reactive ketones (excluding diaryl/α,β-unsaturated/α-hetero) is 1. The van der Waals surface area contributed by atoms with Crippen LogP contribution in [0.15, 0.2) is 11.3 Å². The zero-order valence-electron chi connectivity index (χ0n) is 9.33. The number of nitrogens with one attached hydrogen (secondary N) is 1. The van der Waals surface area contributed by atoms with E-state index in [0.29, 0.717) is 5.11 Å². The van der Waals surface area contributed by atoms with Crippen molar-refractivity contribution < 1.29 is 4.79 Å². The van der Waals surface area contributed by atoms with E-state index in [9.17, 15) is 4.79 Å². The van der Waals surface area contributed by atoms with E-state index in [0.717, 1.165) is 24.1 Å². The van der Waals surface area contributed by atoms with E-state index >= 15 is 0 Å². The van der Waals surface area contributed by atoms with E-state index in [1.807, 2.05) is 6.92 Å².